The Hall–Kier alpha value is -1.00. The van der Waals surface area contributed by atoms with E-state index in [0.29, 0.717) is 6.42 Å². The predicted molar refractivity (Wildman–Crippen MR) is 51.6 cm³/mol. The van der Waals surface area contributed by atoms with Gasteiger partial charge in [0.15, 0.2) is 0 Å². The summed E-state index contributed by atoms with van der Waals surface area (Å²) in [6, 6.07) is 0. The molecule has 0 unspecified atom stereocenters. The minimum Gasteiger partial charge on any atom is -0.501 e. The van der Waals surface area contributed by atoms with E-state index in [0.717, 1.165) is 11.5 Å². The highest BCUT2D eigenvalue weighted by Crippen LogP contribution is 2.29. The van der Waals surface area contributed by atoms with Gasteiger partial charge in [-0.3, -0.25) is 0 Å². The van der Waals surface area contributed by atoms with E-state index >= 15 is 0 Å². The molecule has 4 heteroatoms. The smallest absolute Gasteiger partial charge is 0.214 e. The maximum Gasteiger partial charge on any atom is 0.214 e. The number of hydrogen-bond donors (Lipinski definition) is 0. The van der Waals surface area contributed by atoms with Gasteiger partial charge < -0.3 is 18.9 Å². The van der Waals surface area contributed by atoms with Gasteiger partial charge in [0, 0.05) is 26.4 Å². The molecule has 0 aromatic carbocycles. The normalized spacial score (nSPS) is 19.7. The van der Waals surface area contributed by atoms with Crippen LogP contribution in [0.3, 0.4) is 0 Å². The Labute approximate surface area is 84.1 Å². The first-order valence-electron chi connectivity index (χ1n) is 4.31. The molecule has 0 radical (unpaired) electrons. The first-order chi connectivity index (χ1) is 6.69. The van der Waals surface area contributed by atoms with Crippen LogP contribution in [-0.2, 0) is 18.9 Å². The van der Waals surface area contributed by atoms with Crippen molar-refractivity contribution in [3.8, 4) is 0 Å². The van der Waals surface area contributed by atoms with Crippen LogP contribution in [-0.4, -0.2) is 34.2 Å². The molecule has 0 atom stereocenters. The molecule has 0 saturated heterocycles. The standard InChI is InChI=1S/C10H16O4/c1-11-8-5-9(12-2)7-10(6-8,13-3)14-4/h6-7H,5H2,1-4H3. The minimum absolute atomic E-state index is 0.626. The van der Waals surface area contributed by atoms with Crippen molar-refractivity contribution in [1.29, 1.82) is 0 Å². The van der Waals surface area contributed by atoms with Crippen molar-refractivity contribution in [1.82, 2.24) is 0 Å². The van der Waals surface area contributed by atoms with Crippen LogP contribution in [0.4, 0.5) is 0 Å². The van der Waals surface area contributed by atoms with Gasteiger partial charge in [0.1, 0.15) is 11.5 Å². The molecular formula is C10H16O4. The van der Waals surface area contributed by atoms with Crippen molar-refractivity contribution in [3.05, 3.63) is 23.7 Å². The zero-order chi connectivity index (χ0) is 10.6. The molecule has 0 amide bonds. The maximum absolute atomic E-state index is 5.26. The fraction of sp³-hybridized carbons (Fsp3) is 0.600. The summed E-state index contributed by atoms with van der Waals surface area (Å²) in [4.78, 5) is 0. The van der Waals surface area contributed by atoms with Crippen LogP contribution in [0.25, 0.3) is 0 Å². The topological polar surface area (TPSA) is 36.9 Å². The second kappa shape index (κ2) is 4.48. The molecule has 0 aromatic rings. The summed E-state index contributed by atoms with van der Waals surface area (Å²) in [5.74, 6) is 0.677. The summed E-state index contributed by atoms with van der Waals surface area (Å²) in [5, 5.41) is 0. The van der Waals surface area contributed by atoms with Crippen LogP contribution in [0.15, 0.2) is 23.7 Å². The predicted octanol–water partition coefficient (Wildman–Crippen LogP) is 1.44. The highest BCUT2D eigenvalue weighted by atomic mass is 16.7. The Morgan fingerprint density at radius 2 is 1.36 bits per heavy atom. The molecular weight excluding hydrogens is 184 g/mol. The van der Waals surface area contributed by atoms with Crippen LogP contribution in [0.5, 0.6) is 0 Å². The summed E-state index contributed by atoms with van der Waals surface area (Å²) in [7, 11) is 6.37. The van der Waals surface area contributed by atoms with E-state index < -0.39 is 5.79 Å². The van der Waals surface area contributed by atoms with E-state index in [-0.39, 0.29) is 0 Å². The van der Waals surface area contributed by atoms with Gasteiger partial charge in [-0.15, -0.1) is 0 Å². The summed E-state index contributed by atoms with van der Waals surface area (Å²) >= 11 is 0. The molecule has 0 fully saturated rings. The van der Waals surface area contributed by atoms with E-state index in [1.54, 1.807) is 40.6 Å². The molecule has 1 aliphatic rings. The van der Waals surface area contributed by atoms with Crippen molar-refractivity contribution >= 4 is 0 Å². The van der Waals surface area contributed by atoms with Crippen LogP contribution in [0.1, 0.15) is 6.42 Å². The summed E-state index contributed by atoms with van der Waals surface area (Å²) < 4.78 is 20.8. The van der Waals surface area contributed by atoms with Crippen molar-refractivity contribution < 1.29 is 18.9 Å². The monoisotopic (exact) mass is 200 g/mol. The number of methoxy groups -OCH3 is 4. The number of ether oxygens (including phenoxy) is 4. The largest absolute Gasteiger partial charge is 0.501 e. The fourth-order valence-corrected chi connectivity index (χ4v) is 1.35. The van der Waals surface area contributed by atoms with Crippen LogP contribution < -0.4 is 0 Å². The second-order valence-corrected chi connectivity index (χ2v) is 2.94. The zero-order valence-corrected chi connectivity index (χ0v) is 8.99. The van der Waals surface area contributed by atoms with Gasteiger partial charge in [0.05, 0.1) is 20.6 Å². The zero-order valence-electron chi connectivity index (χ0n) is 8.99. The molecule has 80 valence electrons. The first kappa shape index (κ1) is 11.1. The van der Waals surface area contributed by atoms with Crippen LogP contribution in [0, 0.1) is 0 Å². The van der Waals surface area contributed by atoms with Gasteiger partial charge in [0.25, 0.3) is 0 Å². The third-order valence-electron chi connectivity index (χ3n) is 2.24. The quantitative estimate of drug-likeness (QED) is 0.643. The van der Waals surface area contributed by atoms with Gasteiger partial charge in [-0.1, -0.05) is 0 Å². The molecule has 0 spiro atoms. The molecule has 1 rings (SSSR count). The van der Waals surface area contributed by atoms with E-state index in [1.807, 2.05) is 0 Å². The minimum atomic E-state index is -0.866. The van der Waals surface area contributed by atoms with Crippen molar-refractivity contribution in [2.24, 2.45) is 0 Å². The van der Waals surface area contributed by atoms with E-state index in [9.17, 15) is 0 Å². The maximum atomic E-state index is 5.26. The molecule has 4 nitrogen and oxygen atoms in total. The third kappa shape index (κ3) is 2.08. The lowest BCUT2D eigenvalue weighted by atomic mass is 10.1. The van der Waals surface area contributed by atoms with Gasteiger partial charge in [-0.05, 0) is 0 Å². The summed E-state index contributed by atoms with van der Waals surface area (Å²) in [6.45, 7) is 0. The van der Waals surface area contributed by atoms with Crippen molar-refractivity contribution in [3.63, 3.8) is 0 Å². The van der Waals surface area contributed by atoms with Gasteiger partial charge in [0.2, 0.25) is 5.79 Å². The Bertz CT molecular complexity index is 229. The van der Waals surface area contributed by atoms with E-state index in [4.69, 9.17) is 18.9 Å². The lowest BCUT2D eigenvalue weighted by molar-refractivity contribution is -0.138. The lowest BCUT2D eigenvalue weighted by Crippen LogP contribution is -2.32. The van der Waals surface area contributed by atoms with Gasteiger partial charge in [-0.25, -0.2) is 0 Å². The third-order valence-corrected chi connectivity index (χ3v) is 2.24. The van der Waals surface area contributed by atoms with Gasteiger partial charge >= 0.3 is 0 Å². The van der Waals surface area contributed by atoms with Crippen LogP contribution in [0.2, 0.25) is 0 Å². The Balaban J connectivity index is 2.96. The molecule has 0 heterocycles. The summed E-state index contributed by atoms with van der Waals surface area (Å²) in [6.07, 6.45) is 4.20. The van der Waals surface area contributed by atoms with Crippen molar-refractivity contribution in [2.45, 2.75) is 12.2 Å². The highest BCUT2D eigenvalue weighted by molar-refractivity contribution is 5.24. The fourth-order valence-electron chi connectivity index (χ4n) is 1.35. The molecule has 0 saturated carbocycles. The van der Waals surface area contributed by atoms with Crippen LogP contribution >= 0.6 is 0 Å². The average molecular weight is 200 g/mol. The first-order valence-corrected chi connectivity index (χ1v) is 4.31. The second-order valence-electron chi connectivity index (χ2n) is 2.94. The molecule has 0 aliphatic heterocycles. The average Bonchev–Trinajstić information content (AvgIpc) is 2.28. The molecule has 0 aromatic heterocycles. The lowest BCUT2D eigenvalue weighted by Gasteiger charge is -2.29. The molecule has 0 N–H and O–H groups in total. The molecule has 1 aliphatic carbocycles. The van der Waals surface area contributed by atoms with Gasteiger partial charge in [-0.2, -0.15) is 0 Å². The van der Waals surface area contributed by atoms with Crippen molar-refractivity contribution in [2.75, 3.05) is 28.4 Å². The molecule has 0 bridgehead atoms. The Morgan fingerprint density at radius 3 is 1.64 bits per heavy atom. The Kier molecular flexibility index (Phi) is 3.55. The SMILES string of the molecule is COC1=CC(OC)(OC)C=C(OC)C1. The Morgan fingerprint density at radius 1 is 0.929 bits per heavy atom. The number of hydrogen-bond acceptors (Lipinski definition) is 4. The summed E-state index contributed by atoms with van der Waals surface area (Å²) in [5.41, 5.74) is 0. The number of rotatable bonds is 4. The molecule has 14 heavy (non-hydrogen) atoms. The van der Waals surface area contributed by atoms with E-state index in [1.165, 1.54) is 0 Å². The highest BCUT2D eigenvalue weighted by Gasteiger charge is 2.30. The van der Waals surface area contributed by atoms with E-state index in [2.05, 4.69) is 0 Å².